The fourth-order valence-electron chi connectivity index (χ4n) is 2.93. The lowest BCUT2D eigenvalue weighted by molar-refractivity contribution is -0.0407. The van der Waals surface area contributed by atoms with E-state index in [0.717, 1.165) is 12.0 Å². The van der Waals surface area contributed by atoms with Crippen molar-refractivity contribution in [3.8, 4) is 11.5 Å². The Kier molecular flexibility index (Phi) is 2.87. The van der Waals surface area contributed by atoms with Gasteiger partial charge in [-0.05, 0) is 12.8 Å². The van der Waals surface area contributed by atoms with Gasteiger partial charge in [-0.25, -0.2) is 0 Å². The molecule has 1 aliphatic carbocycles. The van der Waals surface area contributed by atoms with Gasteiger partial charge in [0, 0.05) is 26.5 Å². The first-order valence-corrected chi connectivity index (χ1v) is 7.23. The van der Waals surface area contributed by atoms with Crippen LogP contribution in [0.2, 0.25) is 0 Å². The molecule has 0 radical (unpaired) electrons. The van der Waals surface area contributed by atoms with Gasteiger partial charge in [-0.2, -0.15) is 5.10 Å². The Morgan fingerprint density at radius 2 is 2.24 bits per heavy atom. The van der Waals surface area contributed by atoms with Crippen molar-refractivity contribution in [3.05, 3.63) is 17.8 Å². The number of hydrogen-bond acceptors (Lipinski definition) is 6. The lowest BCUT2D eigenvalue weighted by Crippen LogP contribution is -2.29. The highest BCUT2D eigenvalue weighted by molar-refractivity contribution is 5.57. The Morgan fingerprint density at radius 3 is 2.90 bits per heavy atom. The normalized spacial score (nSPS) is 25.6. The van der Waals surface area contributed by atoms with Gasteiger partial charge in [0.1, 0.15) is 0 Å². The van der Waals surface area contributed by atoms with E-state index in [-0.39, 0.29) is 0 Å². The van der Waals surface area contributed by atoms with Crippen molar-refractivity contribution < 1.29 is 13.9 Å². The minimum Gasteiger partial charge on any atom is -0.417 e. The average molecular weight is 290 g/mol. The van der Waals surface area contributed by atoms with Crippen molar-refractivity contribution in [2.45, 2.75) is 30.8 Å². The first kappa shape index (κ1) is 13.0. The number of aromatic nitrogens is 4. The van der Waals surface area contributed by atoms with Crippen molar-refractivity contribution >= 4 is 0 Å². The molecule has 21 heavy (non-hydrogen) atoms. The third-order valence-corrected chi connectivity index (χ3v) is 4.37. The predicted molar refractivity (Wildman–Crippen MR) is 72.6 cm³/mol. The standard InChI is InChI=1S/C14H18N4O3/c1-18-11(9-3-4-9)10(7-15-18)12-16-17-13(21-12)14(19-2)5-6-20-8-14/h7,9H,3-6,8H2,1-2H3. The maximum atomic E-state index is 5.90. The quantitative estimate of drug-likeness (QED) is 0.851. The summed E-state index contributed by atoms with van der Waals surface area (Å²) in [6, 6.07) is 0. The van der Waals surface area contributed by atoms with Gasteiger partial charge in [-0.3, -0.25) is 4.68 Å². The zero-order chi connectivity index (χ0) is 14.4. The molecular weight excluding hydrogens is 272 g/mol. The summed E-state index contributed by atoms with van der Waals surface area (Å²) in [5.41, 5.74) is 1.51. The lowest BCUT2D eigenvalue weighted by atomic mass is 10.0. The van der Waals surface area contributed by atoms with Crippen molar-refractivity contribution in [1.82, 2.24) is 20.0 Å². The molecule has 1 unspecified atom stereocenters. The summed E-state index contributed by atoms with van der Waals surface area (Å²) in [6.45, 7) is 1.10. The van der Waals surface area contributed by atoms with Gasteiger partial charge in [-0.15, -0.1) is 10.2 Å². The summed E-state index contributed by atoms with van der Waals surface area (Å²) in [7, 11) is 3.61. The summed E-state index contributed by atoms with van der Waals surface area (Å²) >= 11 is 0. The molecule has 1 atom stereocenters. The van der Waals surface area contributed by atoms with E-state index >= 15 is 0 Å². The zero-order valence-corrected chi connectivity index (χ0v) is 12.2. The number of hydrogen-bond donors (Lipinski definition) is 0. The fraction of sp³-hybridized carbons (Fsp3) is 0.643. The number of nitrogens with zero attached hydrogens (tertiary/aromatic N) is 4. The van der Waals surface area contributed by atoms with Crippen molar-refractivity contribution in [3.63, 3.8) is 0 Å². The van der Waals surface area contributed by atoms with Crippen LogP contribution in [0, 0.1) is 0 Å². The maximum absolute atomic E-state index is 5.90. The van der Waals surface area contributed by atoms with Gasteiger partial charge >= 0.3 is 0 Å². The van der Waals surface area contributed by atoms with Crippen LogP contribution in [0.5, 0.6) is 0 Å². The second kappa shape index (κ2) is 4.64. The van der Waals surface area contributed by atoms with E-state index in [1.165, 1.54) is 18.5 Å². The molecule has 1 saturated carbocycles. The third-order valence-electron chi connectivity index (χ3n) is 4.37. The molecular formula is C14H18N4O3. The van der Waals surface area contributed by atoms with Crippen LogP contribution < -0.4 is 0 Å². The molecule has 2 aromatic heterocycles. The van der Waals surface area contributed by atoms with Crippen LogP contribution in [-0.2, 0) is 22.1 Å². The monoisotopic (exact) mass is 290 g/mol. The number of rotatable bonds is 4. The third kappa shape index (κ3) is 1.99. The van der Waals surface area contributed by atoms with Crippen LogP contribution in [0.15, 0.2) is 10.6 Å². The average Bonchev–Trinajstić information content (AvgIpc) is 2.95. The summed E-state index contributed by atoms with van der Waals surface area (Å²) in [4.78, 5) is 0. The van der Waals surface area contributed by atoms with E-state index in [4.69, 9.17) is 13.9 Å². The molecule has 0 amide bonds. The summed E-state index contributed by atoms with van der Waals surface area (Å²) in [6.07, 6.45) is 4.93. The van der Waals surface area contributed by atoms with Gasteiger partial charge < -0.3 is 13.9 Å². The smallest absolute Gasteiger partial charge is 0.251 e. The second-order valence-corrected chi connectivity index (χ2v) is 5.75. The van der Waals surface area contributed by atoms with Crippen LogP contribution in [0.3, 0.4) is 0 Å². The lowest BCUT2D eigenvalue weighted by Gasteiger charge is -2.20. The molecule has 4 rings (SSSR count). The Hall–Kier alpha value is -1.73. The fourth-order valence-corrected chi connectivity index (χ4v) is 2.93. The minimum atomic E-state index is -0.604. The van der Waals surface area contributed by atoms with E-state index in [9.17, 15) is 0 Å². The Labute approximate surface area is 122 Å². The SMILES string of the molecule is COC1(c2nnc(-c3cnn(C)c3C3CC3)o2)CCOC1. The summed E-state index contributed by atoms with van der Waals surface area (Å²) in [5, 5.41) is 12.7. The highest BCUT2D eigenvalue weighted by Crippen LogP contribution is 2.44. The molecule has 1 saturated heterocycles. The molecule has 0 aromatic carbocycles. The maximum Gasteiger partial charge on any atom is 0.251 e. The molecule has 2 aliphatic rings. The topological polar surface area (TPSA) is 75.2 Å². The largest absolute Gasteiger partial charge is 0.417 e. The highest BCUT2D eigenvalue weighted by Gasteiger charge is 2.42. The molecule has 1 aliphatic heterocycles. The minimum absolute atomic E-state index is 0.452. The van der Waals surface area contributed by atoms with E-state index in [0.29, 0.717) is 30.9 Å². The number of aryl methyl sites for hydroxylation is 1. The van der Waals surface area contributed by atoms with E-state index in [1.54, 1.807) is 13.3 Å². The highest BCUT2D eigenvalue weighted by atomic mass is 16.6. The number of methoxy groups -OCH3 is 1. The number of ether oxygens (including phenoxy) is 2. The molecule has 0 bridgehead atoms. The summed E-state index contributed by atoms with van der Waals surface area (Å²) < 4.78 is 18.8. The van der Waals surface area contributed by atoms with E-state index in [1.807, 2.05) is 11.7 Å². The summed E-state index contributed by atoms with van der Waals surface area (Å²) in [5.74, 6) is 1.57. The Morgan fingerprint density at radius 1 is 1.38 bits per heavy atom. The molecule has 0 spiro atoms. The first-order valence-electron chi connectivity index (χ1n) is 7.23. The molecule has 112 valence electrons. The van der Waals surface area contributed by atoms with Gasteiger partial charge in [0.25, 0.3) is 11.8 Å². The molecule has 2 fully saturated rings. The first-order chi connectivity index (χ1) is 10.2. The predicted octanol–water partition coefficient (Wildman–Crippen LogP) is 1.61. The van der Waals surface area contributed by atoms with Crippen LogP contribution in [-0.4, -0.2) is 40.3 Å². The Balaban J connectivity index is 1.71. The van der Waals surface area contributed by atoms with Crippen molar-refractivity contribution in [2.75, 3.05) is 20.3 Å². The molecule has 7 nitrogen and oxygen atoms in total. The van der Waals surface area contributed by atoms with E-state index in [2.05, 4.69) is 15.3 Å². The van der Waals surface area contributed by atoms with Gasteiger partial charge in [0.15, 0.2) is 5.60 Å². The molecule has 0 N–H and O–H groups in total. The van der Waals surface area contributed by atoms with Crippen LogP contribution >= 0.6 is 0 Å². The molecule has 2 aromatic rings. The molecule has 7 heteroatoms. The Bertz CT molecular complexity index is 653. The van der Waals surface area contributed by atoms with Crippen LogP contribution in [0.1, 0.15) is 36.8 Å². The van der Waals surface area contributed by atoms with E-state index < -0.39 is 5.60 Å². The van der Waals surface area contributed by atoms with Crippen LogP contribution in [0.25, 0.3) is 11.5 Å². The van der Waals surface area contributed by atoms with Crippen LogP contribution in [0.4, 0.5) is 0 Å². The van der Waals surface area contributed by atoms with Crippen molar-refractivity contribution in [1.29, 1.82) is 0 Å². The van der Waals surface area contributed by atoms with Gasteiger partial charge in [0.2, 0.25) is 0 Å². The van der Waals surface area contributed by atoms with Crippen molar-refractivity contribution in [2.24, 2.45) is 7.05 Å². The van der Waals surface area contributed by atoms with Gasteiger partial charge in [0.05, 0.1) is 30.7 Å². The zero-order valence-electron chi connectivity index (χ0n) is 12.2. The van der Waals surface area contributed by atoms with Gasteiger partial charge in [-0.1, -0.05) is 0 Å². The second-order valence-electron chi connectivity index (χ2n) is 5.75. The molecule has 3 heterocycles.